The fourth-order valence-electron chi connectivity index (χ4n) is 1.91. The van der Waals surface area contributed by atoms with Crippen LogP contribution in [-0.2, 0) is 14.1 Å². The van der Waals surface area contributed by atoms with E-state index in [1.54, 1.807) is 0 Å². The first kappa shape index (κ1) is 14.7. The summed E-state index contributed by atoms with van der Waals surface area (Å²) in [6.45, 7) is 0. The van der Waals surface area contributed by atoms with Gasteiger partial charge in [0.2, 0.25) is 5.06 Å². The number of rotatable bonds is 4. The maximum atomic E-state index is 6.59. The first-order valence-electron chi connectivity index (χ1n) is 5.75. The van der Waals surface area contributed by atoms with Crippen LogP contribution < -0.4 is 0 Å². The van der Waals surface area contributed by atoms with Gasteiger partial charge in [0.25, 0.3) is 0 Å². The van der Waals surface area contributed by atoms with Crippen molar-refractivity contribution in [3.8, 4) is 0 Å². The Labute approximate surface area is 128 Å². The molecule has 0 N–H and O–H groups in total. The van der Waals surface area contributed by atoms with Crippen LogP contribution in [0.25, 0.3) is 0 Å². The van der Waals surface area contributed by atoms with E-state index in [9.17, 15) is 0 Å². The predicted molar refractivity (Wildman–Crippen MR) is 80.8 cm³/mol. The van der Waals surface area contributed by atoms with Crippen molar-refractivity contribution in [1.29, 1.82) is 0 Å². The highest BCUT2D eigenvalue weighted by Gasteiger charge is 2.51. The van der Waals surface area contributed by atoms with Gasteiger partial charge in [0.15, 0.2) is 4.33 Å². The third-order valence-corrected chi connectivity index (χ3v) is 4.78. The summed E-state index contributed by atoms with van der Waals surface area (Å²) >= 11 is 19.6. The monoisotopic (exact) mass is 314 g/mol. The second-order valence-electron chi connectivity index (χ2n) is 4.11. The van der Waals surface area contributed by atoms with Crippen LogP contribution >= 0.6 is 34.8 Å². The standard InChI is InChI=1S/C15H13Cl3O/c1-19-15(18,13-10-6-3-7-11-13)14(16,17)12-8-4-2-5-9-12/h2-11H,1H3. The summed E-state index contributed by atoms with van der Waals surface area (Å²) in [4.78, 5) is 0. The zero-order valence-corrected chi connectivity index (χ0v) is 12.6. The van der Waals surface area contributed by atoms with E-state index in [-0.39, 0.29) is 0 Å². The second-order valence-corrected chi connectivity index (χ2v) is 5.97. The van der Waals surface area contributed by atoms with Gasteiger partial charge in [-0.3, -0.25) is 0 Å². The van der Waals surface area contributed by atoms with Crippen LogP contribution in [0.1, 0.15) is 11.1 Å². The van der Waals surface area contributed by atoms with E-state index in [0.29, 0.717) is 11.1 Å². The maximum Gasteiger partial charge on any atom is 0.204 e. The Bertz CT molecular complexity index is 528. The van der Waals surface area contributed by atoms with Gasteiger partial charge in [0, 0.05) is 12.7 Å². The molecule has 0 saturated carbocycles. The van der Waals surface area contributed by atoms with Crippen molar-refractivity contribution >= 4 is 34.8 Å². The first-order valence-corrected chi connectivity index (χ1v) is 6.88. The van der Waals surface area contributed by atoms with E-state index in [1.807, 2.05) is 60.7 Å². The Kier molecular flexibility index (Phi) is 4.42. The summed E-state index contributed by atoms with van der Waals surface area (Å²) in [5.41, 5.74) is 1.38. The molecule has 100 valence electrons. The molecule has 0 saturated heterocycles. The lowest BCUT2D eigenvalue weighted by Crippen LogP contribution is -2.38. The van der Waals surface area contributed by atoms with Crippen molar-refractivity contribution in [1.82, 2.24) is 0 Å². The van der Waals surface area contributed by atoms with Crippen LogP contribution in [0.15, 0.2) is 60.7 Å². The molecule has 0 aromatic heterocycles. The second kappa shape index (κ2) is 5.72. The van der Waals surface area contributed by atoms with Crippen molar-refractivity contribution < 1.29 is 4.74 Å². The number of halogens is 3. The lowest BCUT2D eigenvalue weighted by atomic mass is 9.99. The molecule has 1 atom stereocenters. The molecular weight excluding hydrogens is 303 g/mol. The summed E-state index contributed by atoms with van der Waals surface area (Å²) in [5.74, 6) is 0. The first-order chi connectivity index (χ1) is 9.02. The van der Waals surface area contributed by atoms with Gasteiger partial charge in [0.05, 0.1) is 0 Å². The largest absolute Gasteiger partial charge is 0.356 e. The molecule has 2 rings (SSSR count). The highest BCUT2D eigenvalue weighted by Crippen LogP contribution is 2.53. The highest BCUT2D eigenvalue weighted by atomic mass is 35.5. The average molecular weight is 316 g/mol. The summed E-state index contributed by atoms with van der Waals surface area (Å²) < 4.78 is 4.03. The molecular formula is C15H13Cl3O. The van der Waals surface area contributed by atoms with E-state index < -0.39 is 9.39 Å². The van der Waals surface area contributed by atoms with E-state index >= 15 is 0 Å². The highest BCUT2D eigenvalue weighted by molar-refractivity contribution is 6.52. The predicted octanol–water partition coefficient (Wildman–Crippen LogP) is 5.06. The van der Waals surface area contributed by atoms with Crippen LogP contribution in [0.4, 0.5) is 0 Å². The van der Waals surface area contributed by atoms with Crippen molar-refractivity contribution in [3.63, 3.8) is 0 Å². The molecule has 1 nitrogen and oxygen atoms in total. The minimum Gasteiger partial charge on any atom is -0.356 e. The van der Waals surface area contributed by atoms with Crippen LogP contribution in [0, 0.1) is 0 Å². The normalized spacial score (nSPS) is 14.9. The Balaban J connectivity index is 2.52. The van der Waals surface area contributed by atoms with Crippen LogP contribution in [0.3, 0.4) is 0 Å². The minimum atomic E-state index is -1.41. The Hall–Kier alpha value is -0.730. The van der Waals surface area contributed by atoms with E-state index in [2.05, 4.69) is 0 Å². The fraction of sp³-hybridized carbons (Fsp3) is 0.200. The van der Waals surface area contributed by atoms with Gasteiger partial charge in [-0.1, -0.05) is 95.5 Å². The summed E-state index contributed by atoms with van der Waals surface area (Å²) in [6.07, 6.45) is 0. The zero-order valence-electron chi connectivity index (χ0n) is 10.3. The fourth-order valence-corrected chi connectivity index (χ4v) is 2.77. The molecule has 0 spiro atoms. The zero-order chi connectivity index (χ0) is 13.9. The average Bonchev–Trinajstić information content (AvgIpc) is 2.48. The van der Waals surface area contributed by atoms with Gasteiger partial charge in [-0.05, 0) is 5.56 Å². The number of alkyl halides is 3. The summed E-state index contributed by atoms with van der Waals surface area (Å²) in [5, 5.41) is -1.36. The molecule has 0 heterocycles. The Morgan fingerprint density at radius 2 is 1.16 bits per heavy atom. The number of methoxy groups -OCH3 is 1. The van der Waals surface area contributed by atoms with Gasteiger partial charge < -0.3 is 4.74 Å². The quantitative estimate of drug-likeness (QED) is 0.717. The van der Waals surface area contributed by atoms with Crippen molar-refractivity contribution in [2.24, 2.45) is 0 Å². The Morgan fingerprint density at radius 1 is 0.737 bits per heavy atom. The SMILES string of the molecule is COC(Cl)(c1ccccc1)C(Cl)(Cl)c1ccccc1. The lowest BCUT2D eigenvalue weighted by molar-refractivity contribution is 0.0457. The van der Waals surface area contributed by atoms with Crippen LogP contribution in [0.2, 0.25) is 0 Å². The molecule has 0 aliphatic heterocycles. The molecule has 0 aliphatic rings. The summed E-state index contributed by atoms with van der Waals surface area (Å²) in [7, 11) is 1.49. The van der Waals surface area contributed by atoms with Gasteiger partial charge in [0.1, 0.15) is 0 Å². The maximum absolute atomic E-state index is 6.59. The van der Waals surface area contributed by atoms with Crippen molar-refractivity contribution in [2.45, 2.75) is 9.39 Å². The molecule has 0 fully saturated rings. The van der Waals surface area contributed by atoms with Gasteiger partial charge in [-0.2, -0.15) is 0 Å². The molecule has 0 amide bonds. The molecule has 0 bridgehead atoms. The van der Waals surface area contributed by atoms with Gasteiger partial charge in [-0.25, -0.2) is 0 Å². The topological polar surface area (TPSA) is 9.23 Å². The van der Waals surface area contributed by atoms with Crippen LogP contribution in [0.5, 0.6) is 0 Å². The lowest BCUT2D eigenvalue weighted by Gasteiger charge is -2.37. The Morgan fingerprint density at radius 3 is 1.58 bits per heavy atom. The minimum absolute atomic E-state index is 0.680. The third-order valence-electron chi connectivity index (χ3n) is 2.97. The van der Waals surface area contributed by atoms with Crippen molar-refractivity contribution in [3.05, 3.63) is 71.8 Å². The van der Waals surface area contributed by atoms with Crippen LogP contribution in [-0.4, -0.2) is 7.11 Å². The summed E-state index contributed by atoms with van der Waals surface area (Å²) in [6, 6.07) is 18.5. The van der Waals surface area contributed by atoms with E-state index in [0.717, 1.165) is 0 Å². The molecule has 0 aliphatic carbocycles. The van der Waals surface area contributed by atoms with Gasteiger partial charge in [-0.15, -0.1) is 0 Å². The van der Waals surface area contributed by atoms with Gasteiger partial charge >= 0.3 is 0 Å². The molecule has 0 radical (unpaired) electrons. The number of benzene rings is 2. The molecule has 4 heteroatoms. The number of hydrogen-bond donors (Lipinski definition) is 0. The molecule has 2 aromatic carbocycles. The van der Waals surface area contributed by atoms with E-state index in [4.69, 9.17) is 39.5 Å². The molecule has 2 aromatic rings. The van der Waals surface area contributed by atoms with E-state index in [1.165, 1.54) is 7.11 Å². The molecule has 19 heavy (non-hydrogen) atoms. The smallest absolute Gasteiger partial charge is 0.204 e. The third kappa shape index (κ3) is 2.61. The molecule has 1 unspecified atom stereocenters. The number of hydrogen-bond acceptors (Lipinski definition) is 1. The number of ether oxygens (including phenoxy) is 1. The van der Waals surface area contributed by atoms with Crippen molar-refractivity contribution in [2.75, 3.05) is 7.11 Å².